The number of nitrogens with one attached hydrogen (secondary N) is 1. The maximum atomic E-state index is 3.65. The van der Waals surface area contributed by atoms with Crippen molar-refractivity contribution in [2.75, 3.05) is 0 Å². The SMILES string of the molecule is CC1(C)c2ccccc2-c2ccc3c(c21)C(C)(C)c1ccc2[nH]c4ccccc4c2c1-3. The Balaban J connectivity index is 1.66. The zero-order valence-corrected chi connectivity index (χ0v) is 18.4. The van der Waals surface area contributed by atoms with Gasteiger partial charge in [-0.3, -0.25) is 0 Å². The second kappa shape index (κ2) is 5.29. The van der Waals surface area contributed by atoms with Gasteiger partial charge >= 0.3 is 0 Å². The molecular weight excluding hydrogens is 374 g/mol. The summed E-state index contributed by atoms with van der Waals surface area (Å²) in [6, 6.07) is 27.1. The minimum Gasteiger partial charge on any atom is -0.354 e. The number of H-pyrrole nitrogens is 1. The first kappa shape index (κ1) is 17.4. The van der Waals surface area contributed by atoms with E-state index in [4.69, 9.17) is 0 Å². The van der Waals surface area contributed by atoms with E-state index in [0.29, 0.717) is 0 Å². The Bertz CT molecular complexity index is 1580. The smallest absolute Gasteiger partial charge is 0.0471 e. The third-order valence-electron chi connectivity index (χ3n) is 7.96. The highest BCUT2D eigenvalue weighted by atomic mass is 14.7. The minimum absolute atomic E-state index is 0.00405. The molecule has 1 heterocycles. The number of hydrogen-bond acceptors (Lipinski definition) is 0. The highest BCUT2D eigenvalue weighted by Crippen LogP contribution is 2.60. The fourth-order valence-electron chi connectivity index (χ4n) is 6.61. The third kappa shape index (κ3) is 1.89. The topological polar surface area (TPSA) is 15.8 Å². The molecule has 0 aliphatic heterocycles. The number of para-hydroxylation sites is 1. The molecule has 5 aromatic rings. The summed E-state index contributed by atoms with van der Waals surface area (Å²) in [6.45, 7) is 9.63. The summed E-state index contributed by atoms with van der Waals surface area (Å²) in [4.78, 5) is 3.65. The van der Waals surface area contributed by atoms with Gasteiger partial charge in [-0.05, 0) is 56.6 Å². The monoisotopic (exact) mass is 399 g/mol. The maximum absolute atomic E-state index is 3.65. The standard InChI is InChI=1S/C30H25N/c1-29(2)21-11-7-5-9-17(21)18-13-14-20-25-22(30(3,4)28(20)27(18)29)15-16-24-26(25)19-10-6-8-12-23(19)31-24/h5-16,31H,1-4H3. The van der Waals surface area contributed by atoms with Gasteiger partial charge in [-0.25, -0.2) is 0 Å². The predicted molar refractivity (Wildman–Crippen MR) is 131 cm³/mol. The maximum Gasteiger partial charge on any atom is 0.0471 e. The number of benzene rings is 4. The van der Waals surface area contributed by atoms with E-state index >= 15 is 0 Å². The molecule has 0 saturated carbocycles. The fourth-order valence-corrected chi connectivity index (χ4v) is 6.61. The van der Waals surface area contributed by atoms with Gasteiger partial charge in [-0.1, -0.05) is 88.4 Å². The normalized spacial score (nSPS) is 16.9. The number of hydrogen-bond donors (Lipinski definition) is 1. The Kier molecular flexibility index (Phi) is 2.96. The summed E-state index contributed by atoms with van der Waals surface area (Å²) >= 11 is 0. The molecule has 0 spiro atoms. The molecule has 2 aliphatic carbocycles. The number of aromatic nitrogens is 1. The van der Waals surface area contributed by atoms with Crippen LogP contribution in [0.1, 0.15) is 49.9 Å². The molecule has 0 unspecified atom stereocenters. The Labute approximate surface area is 182 Å². The van der Waals surface area contributed by atoms with Gasteiger partial charge in [0.15, 0.2) is 0 Å². The van der Waals surface area contributed by atoms with Crippen LogP contribution < -0.4 is 0 Å². The largest absolute Gasteiger partial charge is 0.354 e. The second-order valence-corrected chi connectivity index (χ2v) is 10.3. The number of fused-ring (bicyclic) bond motifs is 11. The minimum atomic E-state index is -0.0398. The molecule has 0 bridgehead atoms. The second-order valence-electron chi connectivity index (χ2n) is 10.3. The Morgan fingerprint density at radius 1 is 0.548 bits per heavy atom. The van der Waals surface area contributed by atoms with Gasteiger partial charge in [0.2, 0.25) is 0 Å². The quantitative estimate of drug-likeness (QED) is 0.272. The molecule has 1 N–H and O–H groups in total. The van der Waals surface area contributed by atoms with Crippen LogP contribution in [-0.4, -0.2) is 4.98 Å². The average molecular weight is 400 g/mol. The van der Waals surface area contributed by atoms with Crippen LogP contribution in [0.15, 0.2) is 72.8 Å². The summed E-state index contributed by atoms with van der Waals surface area (Å²) in [7, 11) is 0. The summed E-state index contributed by atoms with van der Waals surface area (Å²) in [6.07, 6.45) is 0. The van der Waals surface area contributed by atoms with Crippen LogP contribution in [0.3, 0.4) is 0 Å². The highest BCUT2D eigenvalue weighted by Gasteiger charge is 2.46. The lowest BCUT2D eigenvalue weighted by atomic mass is 9.72. The zero-order chi connectivity index (χ0) is 21.1. The molecule has 31 heavy (non-hydrogen) atoms. The lowest BCUT2D eigenvalue weighted by Gasteiger charge is -2.30. The highest BCUT2D eigenvalue weighted by molar-refractivity contribution is 6.16. The van der Waals surface area contributed by atoms with Crippen LogP contribution >= 0.6 is 0 Å². The molecule has 0 saturated heterocycles. The molecule has 0 radical (unpaired) electrons. The van der Waals surface area contributed by atoms with Gasteiger partial charge in [-0.15, -0.1) is 0 Å². The van der Waals surface area contributed by atoms with E-state index in [1.807, 2.05) is 0 Å². The molecule has 1 nitrogen and oxygen atoms in total. The van der Waals surface area contributed by atoms with E-state index in [0.717, 1.165) is 0 Å². The first-order valence-corrected chi connectivity index (χ1v) is 11.2. The molecule has 1 aromatic heterocycles. The lowest BCUT2D eigenvalue weighted by molar-refractivity contribution is 0.601. The van der Waals surface area contributed by atoms with Crippen LogP contribution in [0, 0.1) is 0 Å². The van der Waals surface area contributed by atoms with Crippen LogP contribution in [-0.2, 0) is 10.8 Å². The van der Waals surface area contributed by atoms with Gasteiger partial charge in [0.05, 0.1) is 0 Å². The molecule has 2 aliphatic rings. The van der Waals surface area contributed by atoms with E-state index in [2.05, 4.69) is 105 Å². The van der Waals surface area contributed by atoms with Crippen molar-refractivity contribution in [1.29, 1.82) is 0 Å². The van der Waals surface area contributed by atoms with Crippen LogP contribution in [0.25, 0.3) is 44.1 Å². The summed E-state index contributed by atoms with van der Waals surface area (Å²) in [5.74, 6) is 0. The Hall–Kier alpha value is -3.32. The van der Waals surface area contributed by atoms with Gasteiger partial charge in [-0.2, -0.15) is 0 Å². The first-order valence-electron chi connectivity index (χ1n) is 11.2. The number of aromatic amines is 1. The molecule has 7 rings (SSSR count). The van der Waals surface area contributed by atoms with E-state index in [9.17, 15) is 0 Å². The molecule has 150 valence electrons. The molecule has 4 aromatic carbocycles. The van der Waals surface area contributed by atoms with Crippen LogP contribution in [0.5, 0.6) is 0 Å². The molecular formula is C30H25N. The first-order chi connectivity index (χ1) is 14.9. The Morgan fingerprint density at radius 2 is 1.23 bits per heavy atom. The molecule has 1 heteroatoms. The van der Waals surface area contributed by atoms with Crippen molar-refractivity contribution in [1.82, 2.24) is 4.98 Å². The van der Waals surface area contributed by atoms with E-state index < -0.39 is 0 Å². The van der Waals surface area contributed by atoms with Gasteiger partial charge in [0.25, 0.3) is 0 Å². The van der Waals surface area contributed by atoms with Crippen molar-refractivity contribution in [3.63, 3.8) is 0 Å². The third-order valence-corrected chi connectivity index (χ3v) is 7.96. The molecule has 0 amide bonds. The van der Waals surface area contributed by atoms with Crippen molar-refractivity contribution >= 4 is 21.8 Å². The van der Waals surface area contributed by atoms with E-state index in [1.165, 1.54) is 66.3 Å². The summed E-state index contributed by atoms with van der Waals surface area (Å²) in [5, 5.41) is 2.69. The van der Waals surface area contributed by atoms with Crippen LogP contribution in [0.4, 0.5) is 0 Å². The van der Waals surface area contributed by atoms with Gasteiger partial charge in [0, 0.05) is 32.6 Å². The summed E-state index contributed by atoms with van der Waals surface area (Å²) in [5.41, 5.74) is 14.0. The van der Waals surface area contributed by atoms with Gasteiger partial charge < -0.3 is 4.98 Å². The van der Waals surface area contributed by atoms with Crippen molar-refractivity contribution in [3.8, 4) is 22.3 Å². The fraction of sp³-hybridized carbons (Fsp3) is 0.200. The number of rotatable bonds is 0. The van der Waals surface area contributed by atoms with Crippen LogP contribution in [0.2, 0.25) is 0 Å². The predicted octanol–water partition coefficient (Wildman–Crippen LogP) is 7.93. The van der Waals surface area contributed by atoms with Crippen molar-refractivity contribution in [3.05, 3.63) is 95.1 Å². The average Bonchev–Trinajstić information content (AvgIpc) is 3.33. The Morgan fingerprint density at radius 3 is 2.10 bits per heavy atom. The van der Waals surface area contributed by atoms with Crippen molar-refractivity contribution in [2.24, 2.45) is 0 Å². The van der Waals surface area contributed by atoms with E-state index in [1.54, 1.807) is 0 Å². The van der Waals surface area contributed by atoms with Gasteiger partial charge in [0.1, 0.15) is 0 Å². The molecule has 0 atom stereocenters. The van der Waals surface area contributed by atoms with Crippen molar-refractivity contribution < 1.29 is 0 Å². The summed E-state index contributed by atoms with van der Waals surface area (Å²) < 4.78 is 0. The zero-order valence-electron chi connectivity index (χ0n) is 18.4. The lowest BCUT2D eigenvalue weighted by Crippen LogP contribution is -2.24. The van der Waals surface area contributed by atoms with E-state index in [-0.39, 0.29) is 10.8 Å². The van der Waals surface area contributed by atoms with Crippen molar-refractivity contribution in [2.45, 2.75) is 38.5 Å². The molecule has 0 fully saturated rings.